The molecule has 5 heteroatoms. The molecule has 1 aromatic heterocycles. The Morgan fingerprint density at radius 2 is 2.15 bits per heavy atom. The Morgan fingerprint density at radius 3 is 2.80 bits per heavy atom. The highest BCUT2D eigenvalue weighted by Crippen LogP contribution is 2.24. The van der Waals surface area contributed by atoms with Crippen LogP contribution in [-0.2, 0) is 6.61 Å². The number of rotatable bonds is 3. The van der Waals surface area contributed by atoms with Crippen molar-refractivity contribution in [1.29, 1.82) is 0 Å². The van der Waals surface area contributed by atoms with Crippen molar-refractivity contribution in [1.82, 2.24) is 14.9 Å². The molecule has 0 amide bonds. The van der Waals surface area contributed by atoms with Gasteiger partial charge in [-0.15, -0.1) is 0 Å². The van der Waals surface area contributed by atoms with Gasteiger partial charge >= 0.3 is 0 Å². The second-order valence-corrected chi connectivity index (χ2v) is 6.03. The molecule has 1 fully saturated rings. The van der Waals surface area contributed by atoms with Crippen LogP contribution in [-0.4, -0.2) is 52.7 Å². The van der Waals surface area contributed by atoms with Crippen LogP contribution in [0.25, 0.3) is 0 Å². The standard InChI is InChI=1S/C15H26N4O/c1-11(2)15-16-8-14(13(10-20)17-15)19-7-5-6-18(4)9-12(19)3/h8,11-12,20H,5-7,9-10H2,1-4H3. The van der Waals surface area contributed by atoms with E-state index in [2.05, 4.69) is 47.6 Å². The molecule has 1 atom stereocenters. The van der Waals surface area contributed by atoms with Crippen molar-refractivity contribution < 1.29 is 5.11 Å². The summed E-state index contributed by atoms with van der Waals surface area (Å²) in [7, 11) is 2.16. The third-order valence-electron chi connectivity index (χ3n) is 3.89. The van der Waals surface area contributed by atoms with Gasteiger partial charge in [0.05, 0.1) is 24.2 Å². The number of hydrogen-bond acceptors (Lipinski definition) is 5. The summed E-state index contributed by atoms with van der Waals surface area (Å²) in [5.74, 6) is 1.08. The lowest BCUT2D eigenvalue weighted by Crippen LogP contribution is -2.38. The zero-order valence-electron chi connectivity index (χ0n) is 13.0. The van der Waals surface area contributed by atoms with E-state index in [9.17, 15) is 5.11 Å². The van der Waals surface area contributed by atoms with Crippen molar-refractivity contribution >= 4 is 5.69 Å². The minimum atomic E-state index is -0.0311. The monoisotopic (exact) mass is 278 g/mol. The quantitative estimate of drug-likeness (QED) is 0.910. The van der Waals surface area contributed by atoms with Crippen molar-refractivity contribution in [2.75, 3.05) is 31.6 Å². The summed E-state index contributed by atoms with van der Waals surface area (Å²) in [4.78, 5) is 13.7. The highest BCUT2D eigenvalue weighted by molar-refractivity contribution is 5.50. The highest BCUT2D eigenvalue weighted by Gasteiger charge is 2.23. The first-order valence-electron chi connectivity index (χ1n) is 7.44. The summed E-state index contributed by atoms with van der Waals surface area (Å²) in [6.07, 6.45) is 3.01. The minimum Gasteiger partial charge on any atom is -0.390 e. The van der Waals surface area contributed by atoms with Gasteiger partial charge in [-0.2, -0.15) is 0 Å². The molecule has 2 rings (SSSR count). The van der Waals surface area contributed by atoms with Gasteiger partial charge < -0.3 is 14.9 Å². The lowest BCUT2D eigenvalue weighted by atomic mass is 10.2. The van der Waals surface area contributed by atoms with Crippen LogP contribution in [0.15, 0.2) is 6.20 Å². The molecule has 0 radical (unpaired) electrons. The van der Waals surface area contributed by atoms with Gasteiger partial charge in [0.25, 0.3) is 0 Å². The Balaban J connectivity index is 2.30. The number of hydrogen-bond donors (Lipinski definition) is 1. The average Bonchev–Trinajstić information content (AvgIpc) is 2.58. The number of aromatic nitrogens is 2. The molecule has 5 nitrogen and oxygen atoms in total. The molecule has 1 saturated heterocycles. The van der Waals surface area contributed by atoms with E-state index in [1.807, 2.05) is 6.20 Å². The summed E-state index contributed by atoms with van der Waals surface area (Å²) in [6.45, 7) is 9.45. The summed E-state index contributed by atoms with van der Waals surface area (Å²) in [5, 5.41) is 9.64. The van der Waals surface area contributed by atoms with Crippen LogP contribution in [0.4, 0.5) is 5.69 Å². The summed E-state index contributed by atoms with van der Waals surface area (Å²) in [6, 6.07) is 0.404. The number of anilines is 1. The molecule has 1 N–H and O–H groups in total. The van der Waals surface area contributed by atoms with E-state index in [-0.39, 0.29) is 12.5 Å². The van der Waals surface area contributed by atoms with E-state index >= 15 is 0 Å². The highest BCUT2D eigenvalue weighted by atomic mass is 16.3. The second-order valence-electron chi connectivity index (χ2n) is 6.03. The van der Waals surface area contributed by atoms with Crippen molar-refractivity contribution in [2.24, 2.45) is 0 Å². The van der Waals surface area contributed by atoms with Gasteiger partial charge in [-0.25, -0.2) is 9.97 Å². The fourth-order valence-electron chi connectivity index (χ4n) is 2.79. The molecule has 0 bridgehead atoms. The lowest BCUT2D eigenvalue weighted by molar-refractivity contribution is 0.276. The predicted molar refractivity (Wildman–Crippen MR) is 81.0 cm³/mol. The maximum Gasteiger partial charge on any atom is 0.131 e. The predicted octanol–water partition coefficient (Wildman–Crippen LogP) is 1.62. The van der Waals surface area contributed by atoms with Gasteiger partial charge in [-0.1, -0.05) is 13.8 Å². The molecule has 0 aromatic carbocycles. The van der Waals surface area contributed by atoms with E-state index in [0.717, 1.165) is 43.3 Å². The van der Waals surface area contributed by atoms with Gasteiger partial charge in [0.1, 0.15) is 5.82 Å². The first-order valence-corrected chi connectivity index (χ1v) is 7.44. The topological polar surface area (TPSA) is 52.5 Å². The maximum atomic E-state index is 9.64. The van der Waals surface area contributed by atoms with Crippen molar-refractivity contribution in [3.63, 3.8) is 0 Å². The Bertz CT molecular complexity index is 449. The van der Waals surface area contributed by atoms with E-state index in [0.29, 0.717) is 6.04 Å². The van der Waals surface area contributed by atoms with Gasteiger partial charge in [0.15, 0.2) is 0 Å². The fourth-order valence-corrected chi connectivity index (χ4v) is 2.79. The number of aliphatic hydroxyl groups excluding tert-OH is 1. The minimum absolute atomic E-state index is 0.0311. The van der Waals surface area contributed by atoms with Crippen LogP contribution in [0.1, 0.15) is 44.6 Å². The van der Waals surface area contributed by atoms with Crippen molar-refractivity contribution in [3.8, 4) is 0 Å². The fraction of sp³-hybridized carbons (Fsp3) is 0.733. The van der Waals surface area contributed by atoms with Crippen LogP contribution in [0.5, 0.6) is 0 Å². The van der Waals surface area contributed by atoms with Crippen LogP contribution < -0.4 is 4.90 Å². The van der Waals surface area contributed by atoms with Crippen LogP contribution in [0.3, 0.4) is 0 Å². The van der Waals surface area contributed by atoms with E-state index in [4.69, 9.17) is 0 Å². The zero-order chi connectivity index (χ0) is 14.7. The first-order chi connectivity index (χ1) is 9.52. The normalized spacial score (nSPS) is 21.3. The Labute approximate surface area is 121 Å². The van der Waals surface area contributed by atoms with Gasteiger partial charge in [-0.3, -0.25) is 0 Å². The number of nitrogens with zero attached hydrogens (tertiary/aromatic N) is 4. The number of likely N-dealkylation sites (N-methyl/N-ethyl adjacent to an activating group) is 1. The molecule has 1 aliphatic rings. The third kappa shape index (κ3) is 3.27. The van der Waals surface area contributed by atoms with Crippen molar-refractivity contribution in [2.45, 2.75) is 45.8 Å². The summed E-state index contributed by atoms with van der Waals surface area (Å²) in [5.41, 5.74) is 1.74. The molecule has 1 aliphatic heterocycles. The molecule has 0 spiro atoms. The summed E-state index contributed by atoms with van der Waals surface area (Å²) >= 11 is 0. The first kappa shape index (κ1) is 15.2. The van der Waals surface area contributed by atoms with Crippen LogP contribution in [0.2, 0.25) is 0 Å². The molecule has 2 heterocycles. The van der Waals surface area contributed by atoms with Gasteiger partial charge in [-0.05, 0) is 26.9 Å². The third-order valence-corrected chi connectivity index (χ3v) is 3.89. The van der Waals surface area contributed by atoms with Crippen molar-refractivity contribution in [3.05, 3.63) is 17.7 Å². The Hall–Kier alpha value is -1.20. The summed E-state index contributed by atoms with van der Waals surface area (Å²) < 4.78 is 0. The molecular formula is C15H26N4O. The Morgan fingerprint density at radius 1 is 1.40 bits per heavy atom. The Kier molecular flexibility index (Phi) is 4.94. The van der Waals surface area contributed by atoms with E-state index < -0.39 is 0 Å². The molecule has 112 valence electrons. The zero-order valence-corrected chi connectivity index (χ0v) is 13.0. The smallest absolute Gasteiger partial charge is 0.131 e. The maximum absolute atomic E-state index is 9.64. The molecule has 1 aromatic rings. The SMILES string of the molecule is CC(C)c1ncc(N2CCCN(C)CC2C)c(CO)n1. The molecule has 1 unspecified atom stereocenters. The second kappa shape index (κ2) is 6.50. The van der Waals surface area contributed by atoms with Crippen LogP contribution >= 0.6 is 0 Å². The van der Waals surface area contributed by atoms with Crippen LogP contribution in [0, 0.1) is 0 Å². The molecular weight excluding hydrogens is 252 g/mol. The van der Waals surface area contributed by atoms with E-state index in [1.165, 1.54) is 0 Å². The molecule has 0 saturated carbocycles. The van der Waals surface area contributed by atoms with Gasteiger partial charge in [0.2, 0.25) is 0 Å². The lowest BCUT2D eigenvalue weighted by Gasteiger charge is -2.31. The molecule has 0 aliphatic carbocycles. The number of aliphatic hydroxyl groups is 1. The molecule has 20 heavy (non-hydrogen) atoms. The largest absolute Gasteiger partial charge is 0.390 e. The average molecular weight is 278 g/mol. The van der Waals surface area contributed by atoms with Gasteiger partial charge in [0, 0.05) is 25.0 Å². The van der Waals surface area contributed by atoms with E-state index in [1.54, 1.807) is 0 Å².